The number of thiophene rings is 1. The Balaban J connectivity index is 3.08. The lowest BCUT2D eigenvalue weighted by atomic mass is 10.3. The maximum atomic E-state index is 9.11. The fourth-order valence-electron chi connectivity index (χ4n) is 0.898. The second-order valence-corrected chi connectivity index (χ2v) is 3.79. The molecule has 0 saturated carbocycles. The molecule has 0 fully saturated rings. The highest BCUT2D eigenvalue weighted by atomic mass is 32.1. The summed E-state index contributed by atoms with van der Waals surface area (Å²) in [6.07, 6.45) is 0.934. The number of methoxy groups -OCH3 is 1. The van der Waals surface area contributed by atoms with E-state index in [1.165, 1.54) is 16.2 Å². The van der Waals surface area contributed by atoms with Gasteiger partial charge in [-0.2, -0.15) is 0 Å². The largest absolute Gasteiger partial charge is 0.498 e. The molecule has 0 bridgehead atoms. The average molecular weight is 202 g/mol. The van der Waals surface area contributed by atoms with E-state index in [4.69, 9.17) is 9.84 Å². The van der Waals surface area contributed by atoms with Gasteiger partial charge in [0.15, 0.2) is 0 Å². The molecule has 0 spiro atoms. The molecule has 0 amide bonds. The Morgan fingerprint density at radius 3 is 2.75 bits per heavy atom. The lowest BCUT2D eigenvalue weighted by Crippen LogP contribution is -1.93. The van der Waals surface area contributed by atoms with E-state index in [0.29, 0.717) is 10.6 Å². The highest BCUT2D eigenvalue weighted by Gasteiger charge is 2.11. The first-order valence-corrected chi connectivity index (χ1v) is 4.81. The molecule has 2 nitrogen and oxygen atoms in total. The third kappa shape index (κ3) is 1.76. The van der Waals surface area contributed by atoms with Crippen LogP contribution in [0.25, 0.3) is 0 Å². The quantitative estimate of drug-likeness (QED) is 0.764. The minimum absolute atomic E-state index is 0.0865. The van der Waals surface area contributed by atoms with E-state index in [-0.39, 0.29) is 5.05 Å². The van der Waals surface area contributed by atoms with Crippen LogP contribution in [0.5, 0.6) is 5.75 Å². The Morgan fingerprint density at radius 2 is 2.42 bits per heavy atom. The van der Waals surface area contributed by atoms with Gasteiger partial charge < -0.3 is 9.84 Å². The summed E-state index contributed by atoms with van der Waals surface area (Å²) >= 11 is 6.14. The molecule has 1 aromatic heterocycles. The van der Waals surface area contributed by atoms with Crippen LogP contribution in [-0.4, -0.2) is 17.3 Å². The smallest absolute Gasteiger partial charge is 0.202 e. The summed E-state index contributed by atoms with van der Waals surface area (Å²) in [7, 11) is 1.57. The summed E-state index contributed by atoms with van der Waals surface area (Å²) in [6, 6.07) is 1.91. The van der Waals surface area contributed by atoms with Crippen molar-refractivity contribution >= 4 is 28.6 Å². The molecule has 0 unspecified atom stereocenters. The van der Waals surface area contributed by atoms with Crippen LogP contribution in [0.15, 0.2) is 6.07 Å². The summed E-state index contributed by atoms with van der Waals surface area (Å²) < 4.78 is 5.05. The van der Waals surface area contributed by atoms with E-state index in [1.54, 1.807) is 7.11 Å². The molecule has 0 aliphatic carbocycles. The van der Waals surface area contributed by atoms with E-state index in [9.17, 15) is 0 Å². The molecule has 0 aliphatic rings. The minimum atomic E-state index is -0.0865. The van der Waals surface area contributed by atoms with Gasteiger partial charge in [-0.15, -0.1) is 11.3 Å². The van der Waals surface area contributed by atoms with E-state index >= 15 is 0 Å². The second-order valence-electron chi connectivity index (χ2n) is 2.27. The van der Waals surface area contributed by atoms with Gasteiger partial charge in [0, 0.05) is 4.88 Å². The number of aliphatic hydroxyl groups excluding tert-OH is 1. The van der Waals surface area contributed by atoms with Crippen molar-refractivity contribution in [1.82, 2.24) is 0 Å². The Kier molecular flexibility index (Phi) is 3.05. The average Bonchev–Trinajstić information content (AvgIpc) is 2.47. The number of aliphatic hydroxyl groups is 1. The Morgan fingerprint density at radius 1 is 1.75 bits per heavy atom. The summed E-state index contributed by atoms with van der Waals surface area (Å²) in [5.41, 5.74) is 0. The lowest BCUT2D eigenvalue weighted by molar-refractivity contribution is 0.414. The molecule has 0 atom stereocenters. The summed E-state index contributed by atoms with van der Waals surface area (Å²) in [4.78, 5) is 1.82. The molecule has 1 heterocycles. The van der Waals surface area contributed by atoms with Crippen molar-refractivity contribution in [2.45, 2.75) is 13.3 Å². The van der Waals surface area contributed by atoms with Crippen LogP contribution in [0.4, 0.5) is 0 Å². The van der Waals surface area contributed by atoms with Crippen molar-refractivity contribution in [3.8, 4) is 5.75 Å². The van der Waals surface area contributed by atoms with Gasteiger partial charge in [0.1, 0.15) is 10.6 Å². The molecule has 4 heteroatoms. The van der Waals surface area contributed by atoms with Gasteiger partial charge in [-0.25, -0.2) is 0 Å². The van der Waals surface area contributed by atoms with Crippen LogP contribution < -0.4 is 4.74 Å². The first-order valence-electron chi connectivity index (χ1n) is 3.59. The van der Waals surface area contributed by atoms with E-state index in [2.05, 4.69) is 19.1 Å². The number of rotatable bonds is 3. The normalized spacial score (nSPS) is 9.83. The van der Waals surface area contributed by atoms with Gasteiger partial charge in [-0.05, 0) is 24.7 Å². The third-order valence-electron chi connectivity index (χ3n) is 1.51. The van der Waals surface area contributed by atoms with Gasteiger partial charge in [0.2, 0.25) is 5.05 Å². The van der Waals surface area contributed by atoms with Crippen molar-refractivity contribution in [2.75, 3.05) is 7.11 Å². The molecule has 1 N–H and O–H groups in total. The van der Waals surface area contributed by atoms with Gasteiger partial charge in [0.25, 0.3) is 0 Å². The maximum absolute atomic E-state index is 9.11. The second kappa shape index (κ2) is 3.87. The molecular weight excluding hydrogens is 192 g/mol. The predicted octanol–water partition coefficient (Wildman–Crippen LogP) is 2.55. The summed E-state index contributed by atoms with van der Waals surface area (Å²) in [5.74, 6) is 0.671. The Bertz CT molecular complexity index is 291. The van der Waals surface area contributed by atoms with Crippen LogP contribution in [0.2, 0.25) is 0 Å². The zero-order chi connectivity index (χ0) is 9.14. The first kappa shape index (κ1) is 9.48. The summed E-state index contributed by atoms with van der Waals surface area (Å²) in [5, 5.41) is 9.02. The molecule has 1 aromatic rings. The maximum Gasteiger partial charge on any atom is 0.202 e. The molecule has 0 aromatic carbocycles. The van der Waals surface area contributed by atoms with E-state index in [0.717, 1.165) is 6.42 Å². The van der Waals surface area contributed by atoms with E-state index in [1.807, 2.05) is 6.07 Å². The molecule has 66 valence electrons. The molecule has 0 radical (unpaired) electrons. The highest BCUT2D eigenvalue weighted by Crippen LogP contribution is 2.29. The summed E-state index contributed by atoms with van der Waals surface area (Å²) in [6.45, 7) is 2.05. The van der Waals surface area contributed by atoms with Gasteiger partial charge >= 0.3 is 0 Å². The molecule has 1 rings (SSSR count). The van der Waals surface area contributed by atoms with Gasteiger partial charge in [-0.1, -0.05) is 6.92 Å². The number of hydrogen-bond donors (Lipinski definition) is 1. The number of hydrogen-bond acceptors (Lipinski definition) is 3. The fourth-order valence-corrected chi connectivity index (χ4v) is 2.03. The minimum Gasteiger partial charge on any atom is -0.498 e. The monoisotopic (exact) mass is 202 g/mol. The van der Waals surface area contributed by atoms with Crippen molar-refractivity contribution in [3.63, 3.8) is 0 Å². The number of aryl methyl sites for hydroxylation is 1. The Labute approximate surface area is 80.8 Å². The van der Waals surface area contributed by atoms with Crippen LogP contribution in [-0.2, 0) is 6.42 Å². The van der Waals surface area contributed by atoms with Crippen LogP contribution in [0.1, 0.15) is 16.7 Å². The molecular formula is C8H10O2S2. The van der Waals surface area contributed by atoms with Gasteiger partial charge in [-0.3, -0.25) is 0 Å². The number of ether oxygens (including phenoxy) is 1. The molecule has 0 saturated heterocycles. The third-order valence-corrected chi connectivity index (χ3v) is 3.11. The van der Waals surface area contributed by atoms with Crippen LogP contribution in [0.3, 0.4) is 0 Å². The molecule has 12 heavy (non-hydrogen) atoms. The standard InChI is InChI=1S/C8H10O2S2/c1-3-5-4-6(10-2)7(12-5)8(9)11/h4H,3H2,1-2H3,(H,9,11). The zero-order valence-corrected chi connectivity index (χ0v) is 8.59. The zero-order valence-electron chi connectivity index (χ0n) is 6.96. The fraction of sp³-hybridized carbons (Fsp3) is 0.375. The van der Waals surface area contributed by atoms with E-state index < -0.39 is 0 Å². The highest BCUT2D eigenvalue weighted by molar-refractivity contribution is 7.80. The Hall–Kier alpha value is -0.610. The first-order chi connectivity index (χ1) is 5.69. The van der Waals surface area contributed by atoms with Crippen LogP contribution >= 0.6 is 23.6 Å². The molecule has 0 aliphatic heterocycles. The van der Waals surface area contributed by atoms with Crippen molar-refractivity contribution in [2.24, 2.45) is 0 Å². The topological polar surface area (TPSA) is 29.5 Å². The predicted molar refractivity (Wildman–Crippen MR) is 54.6 cm³/mol. The SMILES string of the molecule is CCc1cc(OC)c(C(O)=S)s1. The van der Waals surface area contributed by atoms with Crippen molar-refractivity contribution in [1.29, 1.82) is 0 Å². The lowest BCUT2D eigenvalue weighted by Gasteiger charge is -1.96. The van der Waals surface area contributed by atoms with Gasteiger partial charge in [0.05, 0.1) is 7.11 Å². The number of thiocarbonyl (C=S) groups is 1. The van der Waals surface area contributed by atoms with Crippen molar-refractivity contribution in [3.05, 3.63) is 15.8 Å². The van der Waals surface area contributed by atoms with Crippen LogP contribution in [0, 0.1) is 0 Å². The van der Waals surface area contributed by atoms with Crippen molar-refractivity contribution < 1.29 is 9.84 Å².